The molecule has 68 heavy (non-hydrogen) atoms. The van der Waals surface area contributed by atoms with Crippen molar-refractivity contribution >= 4 is 49.4 Å². The van der Waals surface area contributed by atoms with E-state index in [4.69, 9.17) is 0 Å². The molecule has 0 bridgehead atoms. The predicted molar refractivity (Wildman–Crippen MR) is 287 cm³/mol. The number of nitrogens with zero attached hydrogens (tertiary/aromatic N) is 1. The number of fused-ring (bicyclic) bond motifs is 7. The summed E-state index contributed by atoms with van der Waals surface area (Å²) < 4.78 is 0. The molecule has 0 N–H and O–H groups in total. The van der Waals surface area contributed by atoms with Gasteiger partial charge in [-0.05, 0) is 130 Å². The Bertz CT molecular complexity index is 3780. The third kappa shape index (κ3) is 6.24. The minimum absolute atomic E-state index is 0.538. The van der Waals surface area contributed by atoms with Gasteiger partial charge in [0.25, 0.3) is 0 Å². The van der Waals surface area contributed by atoms with Crippen LogP contribution in [0.25, 0.3) is 76.8 Å². The molecule has 0 saturated carbocycles. The van der Waals surface area contributed by atoms with E-state index in [-0.39, 0.29) is 0 Å². The van der Waals surface area contributed by atoms with Gasteiger partial charge in [0.15, 0.2) is 0 Å². The van der Waals surface area contributed by atoms with Crippen molar-refractivity contribution < 1.29 is 0 Å². The summed E-state index contributed by atoms with van der Waals surface area (Å²) >= 11 is 0. The Kier molecular flexibility index (Phi) is 9.47. The molecular formula is C67H45N. The highest BCUT2D eigenvalue weighted by Crippen LogP contribution is 2.60. The molecule has 1 heteroatoms. The Hall–Kier alpha value is -8.78. The first-order chi connectivity index (χ1) is 33.8. The first-order valence-electron chi connectivity index (χ1n) is 23.6. The third-order valence-electron chi connectivity index (χ3n) is 14.3. The molecule has 0 spiro atoms. The lowest BCUT2D eigenvalue weighted by Gasteiger charge is -2.34. The van der Waals surface area contributed by atoms with Crippen LogP contribution in [0.15, 0.2) is 273 Å². The van der Waals surface area contributed by atoms with Crippen LogP contribution in [-0.4, -0.2) is 0 Å². The standard InChI is InChI=1S/C67H45N/c1-5-21-48(22-6-1)64-58-31-16-15-30-56(58)57-43-42-55(45-60(57)65(64)49-23-7-2-8-24-49)68(54-40-38-47(39-41-54)51-37-36-46-20-13-14-25-50(46)44-51)63-35-19-34-62-66(63)59-32-17-18-33-61(59)67(62,52-26-9-3-10-27-52)53-28-11-4-12-29-53/h1-45H. The highest BCUT2D eigenvalue weighted by Gasteiger charge is 2.47. The fourth-order valence-corrected chi connectivity index (χ4v) is 11.4. The number of rotatable bonds is 8. The molecule has 1 aliphatic rings. The van der Waals surface area contributed by atoms with Crippen molar-refractivity contribution in [3.63, 3.8) is 0 Å². The number of anilines is 3. The second-order valence-corrected chi connectivity index (χ2v) is 17.9. The number of hydrogen-bond donors (Lipinski definition) is 0. The monoisotopic (exact) mass is 863 g/mol. The average molecular weight is 864 g/mol. The van der Waals surface area contributed by atoms with Crippen molar-refractivity contribution in [1.29, 1.82) is 0 Å². The maximum atomic E-state index is 2.51. The van der Waals surface area contributed by atoms with Gasteiger partial charge in [-0.3, -0.25) is 0 Å². The summed E-state index contributed by atoms with van der Waals surface area (Å²) in [4.78, 5) is 2.51. The van der Waals surface area contributed by atoms with Crippen LogP contribution in [0.1, 0.15) is 22.3 Å². The first-order valence-corrected chi connectivity index (χ1v) is 23.6. The van der Waals surface area contributed by atoms with Gasteiger partial charge in [-0.15, -0.1) is 0 Å². The van der Waals surface area contributed by atoms with E-state index < -0.39 is 5.41 Å². The summed E-state index contributed by atoms with van der Waals surface area (Å²) in [7, 11) is 0. The van der Waals surface area contributed by atoms with Crippen LogP contribution in [0, 0.1) is 0 Å². The molecule has 12 aromatic rings. The molecule has 0 radical (unpaired) electrons. The zero-order chi connectivity index (χ0) is 45.0. The highest BCUT2D eigenvalue weighted by atomic mass is 15.1. The van der Waals surface area contributed by atoms with Crippen LogP contribution in [-0.2, 0) is 5.41 Å². The van der Waals surface area contributed by atoms with E-state index >= 15 is 0 Å². The molecule has 318 valence electrons. The van der Waals surface area contributed by atoms with Gasteiger partial charge >= 0.3 is 0 Å². The van der Waals surface area contributed by atoms with Gasteiger partial charge in [0.1, 0.15) is 0 Å². The molecule has 13 rings (SSSR count). The average Bonchev–Trinajstić information content (AvgIpc) is 3.73. The number of hydrogen-bond acceptors (Lipinski definition) is 1. The predicted octanol–water partition coefficient (Wildman–Crippen LogP) is 18.0. The van der Waals surface area contributed by atoms with E-state index in [0.717, 1.165) is 17.1 Å². The summed E-state index contributed by atoms with van der Waals surface area (Å²) in [5.74, 6) is 0. The van der Waals surface area contributed by atoms with E-state index in [1.165, 1.54) is 99.1 Å². The van der Waals surface area contributed by atoms with Gasteiger partial charge in [0, 0.05) is 16.9 Å². The van der Waals surface area contributed by atoms with Gasteiger partial charge in [-0.1, -0.05) is 237 Å². The van der Waals surface area contributed by atoms with E-state index in [9.17, 15) is 0 Å². The van der Waals surface area contributed by atoms with Gasteiger partial charge in [-0.2, -0.15) is 0 Å². The third-order valence-corrected chi connectivity index (χ3v) is 14.3. The van der Waals surface area contributed by atoms with Crippen LogP contribution in [0.4, 0.5) is 17.1 Å². The Morgan fingerprint density at radius 3 is 1.47 bits per heavy atom. The molecular weight excluding hydrogens is 819 g/mol. The second-order valence-electron chi connectivity index (χ2n) is 17.9. The molecule has 0 unspecified atom stereocenters. The van der Waals surface area contributed by atoms with Crippen LogP contribution < -0.4 is 4.90 Å². The second kappa shape index (κ2) is 16.3. The van der Waals surface area contributed by atoms with Gasteiger partial charge in [0.05, 0.1) is 11.1 Å². The minimum atomic E-state index is -0.538. The smallest absolute Gasteiger partial charge is 0.0714 e. The largest absolute Gasteiger partial charge is 0.310 e. The zero-order valence-corrected chi connectivity index (χ0v) is 37.4. The molecule has 0 aliphatic heterocycles. The molecule has 0 amide bonds. The quantitative estimate of drug-likeness (QED) is 0.138. The summed E-state index contributed by atoms with van der Waals surface area (Å²) in [6.07, 6.45) is 0. The molecule has 0 aromatic heterocycles. The lowest BCUT2D eigenvalue weighted by Crippen LogP contribution is -2.28. The molecule has 12 aromatic carbocycles. The van der Waals surface area contributed by atoms with E-state index in [1.807, 2.05) is 0 Å². The summed E-state index contributed by atoms with van der Waals surface area (Å²) in [6.45, 7) is 0. The molecule has 0 fully saturated rings. The van der Waals surface area contributed by atoms with Crippen molar-refractivity contribution in [3.05, 3.63) is 295 Å². The van der Waals surface area contributed by atoms with Crippen molar-refractivity contribution in [2.45, 2.75) is 5.41 Å². The molecule has 0 atom stereocenters. The van der Waals surface area contributed by atoms with Crippen LogP contribution in [0.2, 0.25) is 0 Å². The van der Waals surface area contributed by atoms with Crippen molar-refractivity contribution in [2.75, 3.05) is 4.90 Å². The molecule has 0 heterocycles. The van der Waals surface area contributed by atoms with Crippen LogP contribution >= 0.6 is 0 Å². The Balaban J connectivity index is 1.11. The molecule has 0 saturated heterocycles. The summed E-state index contributed by atoms with van der Waals surface area (Å²) in [5.41, 5.74) is 17.6. The van der Waals surface area contributed by atoms with Gasteiger partial charge in [0.2, 0.25) is 0 Å². The summed E-state index contributed by atoms with van der Waals surface area (Å²) in [6, 6.07) is 101. The van der Waals surface area contributed by atoms with Crippen molar-refractivity contribution in [3.8, 4) is 44.5 Å². The van der Waals surface area contributed by atoms with Crippen molar-refractivity contribution in [2.24, 2.45) is 0 Å². The minimum Gasteiger partial charge on any atom is -0.310 e. The van der Waals surface area contributed by atoms with E-state index in [1.54, 1.807) is 0 Å². The molecule has 1 aliphatic carbocycles. The normalized spacial score (nSPS) is 12.5. The Morgan fingerprint density at radius 2 is 0.779 bits per heavy atom. The van der Waals surface area contributed by atoms with Gasteiger partial charge < -0.3 is 4.90 Å². The summed E-state index contributed by atoms with van der Waals surface area (Å²) in [5, 5.41) is 7.40. The SMILES string of the molecule is c1ccc(-c2c(-c3ccccc3)c3cc(N(c4ccc(-c5ccc6ccccc6c5)cc4)c4cccc5c4-c4ccccc4C5(c4ccccc4)c4ccccc4)ccc3c3ccccc23)cc1. The van der Waals surface area contributed by atoms with Crippen LogP contribution in [0.3, 0.4) is 0 Å². The highest BCUT2D eigenvalue weighted by molar-refractivity contribution is 6.22. The fraction of sp³-hybridized carbons (Fsp3) is 0.0149. The molecule has 1 nitrogen and oxygen atoms in total. The first kappa shape index (κ1) is 39.6. The van der Waals surface area contributed by atoms with Gasteiger partial charge in [-0.25, -0.2) is 0 Å². The maximum Gasteiger partial charge on any atom is 0.0714 e. The number of benzene rings is 12. The Labute approximate surface area is 397 Å². The lowest BCUT2D eigenvalue weighted by molar-refractivity contribution is 0.768. The van der Waals surface area contributed by atoms with E-state index in [0.29, 0.717) is 0 Å². The fourth-order valence-electron chi connectivity index (χ4n) is 11.4. The van der Waals surface area contributed by atoms with Crippen molar-refractivity contribution in [1.82, 2.24) is 0 Å². The Morgan fingerprint density at radius 1 is 0.265 bits per heavy atom. The lowest BCUT2D eigenvalue weighted by atomic mass is 9.68. The van der Waals surface area contributed by atoms with Crippen LogP contribution in [0.5, 0.6) is 0 Å². The zero-order valence-electron chi connectivity index (χ0n) is 37.4. The van der Waals surface area contributed by atoms with E-state index in [2.05, 4.69) is 278 Å². The topological polar surface area (TPSA) is 3.24 Å². The maximum absolute atomic E-state index is 2.51.